The van der Waals surface area contributed by atoms with Crippen LogP contribution in [0.25, 0.3) is 5.70 Å². The Balaban J connectivity index is 1.37. The molecular weight excluding hydrogens is 374 g/mol. The Bertz CT molecular complexity index is 932. The third kappa shape index (κ3) is 4.36. The first kappa shape index (κ1) is 20.5. The zero-order chi connectivity index (χ0) is 21.4. The molecule has 2 aromatic rings. The van der Waals surface area contributed by atoms with Crippen LogP contribution in [0.2, 0.25) is 0 Å². The molecule has 0 unspecified atom stereocenters. The molecule has 2 aliphatic rings. The fourth-order valence-electron chi connectivity index (χ4n) is 3.94. The lowest BCUT2D eigenvalue weighted by Gasteiger charge is -2.36. The Kier molecular flexibility index (Phi) is 5.33. The monoisotopic (exact) mass is 405 g/mol. The normalized spacial score (nSPS) is 18.1. The van der Waals surface area contributed by atoms with Crippen LogP contribution >= 0.6 is 0 Å². The minimum atomic E-state index is -0.349. The highest BCUT2D eigenvalue weighted by Crippen LogP contribution is 2.35. The van der Waals surface area contributed by atoms with E-state index in [1.54, 1.807) is 0 Å². The highest BCUT2D eigenvalue weighted by Gasteiger charge is 2.40. The summed E-state index contributed by atoms with van der Waals surface area (Å²) in [5.74, 6) is 0. The molecule has 30 heavy (non-hydrogen) atoms. The summed E-state index contributed by atoms with van der Waals surface area (Å²) in [4.78, 5) is 20.5. The van der Waals surface area contributed by atoms with Gasteiger partial charge in [0.05, 0.1) is 5.70 Å². The number of hydrogen-bond acceptors (Lipinski definition) is 3. The summed E-state index contributed by atoms with van der Waals surface area (Å²) >= 11 is 0. The maximum Gasteiger partial charge on any atom is 0.321 e. The second-order valence-corrected chi connectivity index (χ2v) is 9.44. The third-order valence-electron chi connectivity index (χ3n) is 6.03. The molecule has 2 amide bonds. The van der Waals surface area contributed by atoms with Gasteiger partial charge in [-0.2, -0.15) is 0 Å². The zero-order valence-corrected chi connectivity index (χ0v) is 18.3. The quantitative estimate of drug-likeness (QED) is 0.719. The number of piperidine rings is 1. The fourth-order valence-corrected chi connectivity index (χ4v) is 3.94. The number of nitrogens with one attached hydrogen (secondary N) is 2. The van der Waals surface area contributed by atoms with Gasteiger partial charge in [-0.05, 0) is 41.7 Å². The van der Waals surface area contributed by atoms with E-state index >= 15 is 0 Å². The average molecular weight is 406 g/mol. The van der Waals surface area contributed by atoms with Crippen molar-refractivity contribution in [3.63, 3.8) is 0 Å². The molecule has 2 aromatic carbocycles. The van der Waals surface area contributed by atoms with Gasteiger partial charge in [-0.15, -0.1) is 0 Å². The van der Waals surface area contributed by atoms with E-state index in [1.165, 1.54) is 11.1 Å². The first-order chi connectivity index (χ1) is 14.2. The largest absolute Gasteiger partial charge is 0.324 e. The number of nitrogens with zero attached hydrogens (tertiary/aromatic N) is 1. The van der Waals surface area contributed by atoms with Crippen molar-refractivity contribution in [3.05, 3.63) is 71.3 Å². The van der Waals surface area contributed by atoms with Gasteiger partial charge in [0.15, 0.2) is 0 Å². The number of hydroxylamine groups is 1. The van der Waals surface area contributed by atoms with Crippen LogP contribution < -0.4 is 10.8 Å². The molecule has 1 spiro atoms. The summed E-state index contributed by atoms with van der Waals surface area (Å²) in [6.45, 7) is 10.0. The predicted octanol–water partition coefficient (Wildman–Crippen LogP) is 5.23. The van der Waals surface area contributed by atoms with Gasteiger partial charge >= 0.3 is 6.03 Å². The molecule has 0 aliphatic carbocycles. The van der Waals surface area contributed by atoms with E-state index in [2.05, 4.69) is 61.9 Å². The molecule has 0 radical (unpaired) electrons. The van der Waals surface area contributed by atoms with Crippen molar-refractivity contribution < 1.29 is 9.63 Å². The van der Waals surface area contributed by atoms with Crippen LogP contribution in [0, 0.1) is 6.92 Å². The SMILES string of the molecule is Cc1ccc(NC(=O)N2CCC3(C=C(c4ccc(C(C)(C)C)cc4)NO3)CC2)cc1. The van der Waals surface area contributed by atoms with Gasteiger partial charge in [-0.1, -0.05) is 62.7 Å². The molecule has 1 saturated heterocycles. The number of carbonyl (C=O) groups is 1. The molecule has 0 atom stereocenters. The van der Waals surface area contributed by atoms with Crippen LogP contribution in [0.3, 0.4) is 0 Å². The lowest BCUT2D eigenvalue weighted by atomic mass is 9.86. The molecule has 0 saturated carbocycles. The number of hydrogen-bond donors (Lipinski definition) is 2. The molecule has 4 rings (SSSR count). The summed E-state index contributed by atoms with van der Waals surface area (Å²) in [5.41, 5.74) is 8.36. The minimum Gasteiger partial charge on any atom is -0.324 e. The molecule has 2 aliphatic heterocycles. The number of amides is 2. The Morgan fingerprint density at radius 3 is 2.27 bits per heavy atom. The van der Waals surface area contributed by atoms with E-state index in [-0.39, 0.29) is 17.0 Å². The summed E-state index contributed by atoms with van der Waals surface area (Å²) < 4.78 is 0. The second-order valence-electron chi connectivity index (χ2n) is 9.44. The Morgan fingerprint density at radius 1 is 1.03 bits per heavy atom. The highest BCUT2D eigenvalue weighted by atomic mass is 16.7. The van der Waals surface area contributed by atoms with Crippen LogP contribution in [-0.2, 0) is 10.3 Å². The van der Waals surface area contributed by atoms with Gasteiger partial charge in [0.25, 0.3) is 0 Å². The summed E-state index contributed by atoms with van der Waals surface area (Å²) in [5, 5.41) is 2.98. The number of anilines is 1. The van der Waals surface area contributed by atoms with Gasteiger partial charge in [0.2, 0.25) is 0 Å². The maximum absolute atomic E-state index is 12.6. The Hall–Kier alpha value is -2.79. The van der Waals surface area contributed by atoms with Crippen molar-refractivity contribution in [2.75, 3.05) is 18.4 Å². The van der Waals surface area contributed by atoms with Gasteiger partial charge in [0.1, 0.15) is 5.60 Å². The molecule has 2 heterocycles. The van der Waals surface area contributed by atoms with Gasteiger partial charge in [-0.25, -0.2) is 4.79 Å². The van der Waals surface area contributed by atoms with E-state index in [9.17, 15) is 4.79 Å². The standard InChI is InChI=1S/C25H31N3O2/c1-18-5-11-21(12-6-18)26-23(29)28-15-13-25(14-16-28)17-22(27-30-25)19-7-9-20(10-8-19)24(2,3)4/h5-12,17,27H,13-16H2,1-4H3,(H,26,29). The van der Waals surface area contributed by atoms with Crippen LogP contribution in [0.5, 0.6) is 0 Å². The number of carbonyl (C=O) groups excluding carboxylic acids is 1. The number of aryl methyl sites for hydroxylation is 1. The van der Waals surface area contributed by atoms with E-state index < -0.39 is 0 Å². The number of benzene rings is 2. The molecule has 1 fully saturated rings. The van der Waals surface area contributed by atoms with E-state index in [1.807, 2.05) is 36.1 Å². The first-order valence-corrected chi connectivity index (χ1v) is 10.6. The first-order valence-electron chi connectivity index (χ1n) is 10.6. The molecular formula is C25H31N3O2. The van der Waals surface area contributed by atoms with Crippen molar-refractivity contribution in [1.29, 1.82) is 0 Å². The van der Waals surface area contributed by atoms with Crippen molar-refractivity contribution in [3.8, 4) is 0 Å². The van der Waals surface area contributed by atoms with Crippen molar-refractivity contribution in [2.24, 2.45) is 0 Å². The summed E-state index contributed by atoms with van der Waals surface area (Å²) in [6, 6.07) is 16.5. The molecule has 2 N–H and O–H groups in total. The highest BCUT2D eigenvalue weighted by molar-refractivity contribution is 5.89. The molecule has 5 nitrogen and oxygen atoms in total. The number of urea groups is 1. The number of rotatable bonds is 2. The lowest BCUT2D eigenvalue weighted by Crippen LogP contribution is -2.48. The smallest absolute Gasteiger partial charge is 0.321 e. The van der Waals surface area contributed by atoms with Crippen molar-refractivity contribution >= 4 is 17.4 Å². The van der Waals surface area contributed by atoms with Gasteiger partial charge in [0, 0.05) is 31.6 Å². The minimum absolute atomic E-state index is 0.0540. The summed E-state index contributed by atoms with van der Waals surface area (Å²) in [7, 11) is 0. The fraction of sp³-hybridized carbons (Fsp3) is 0.400. The van der Waals surface area contributed by atoms with Crippen molar-refractivity contribution in [1.82, 2.24) is 10.4 Å². The van der Waals surface area contributed by atoms with Crippen LogP contribution in [-0.4, -0.2) is 29.6 Å². The van der Waals surface area contributed by atoms with Crippen LogP contribution in [0.4, 0.5) is 10.5 Å². The van der Waals surface area contributed by atoms with E-state index in [4.69, 9.17) is 4.84 Å². The topological polar surface area (TPSA) is 53.6 Å². The van der Waals surface area contributed by atoms with Crippen LogP contribution in [0.15, 0.2) is 54.6 Å². The van der Waals surface area contributed by atoms with Gasteiger partial charge < -0.3 is 10.2 Å². The van der Waals surface area contributed by atoms with Crippen molar-refractivity contribution in [2.45, 2.75) is 51.6 Å². The maximum atomic E-state index is 12.6. The zero-order valence-electron chi connectivity index (χ0n) is 18.3. The summed E-state index contributed by atoms with van der Waals surface area (Å²) in [6.07, 6.45) is 3.73. The van der Waals surface area contributed by atoms with E-state index in [0.29, 0.717) is 13.1 Å². The Labute approximate surface area is 179 Å². The average Bonchev–Trinajstić information content (AvgIpc) is 3.13. The lowest BCUT2D eigenvalue weighted by molar-refractivity contribution is -0.0634. The third-order valence-corrected chi connectivity index (χ3v) is 6.03. The van der Waals surface area contributed by atoms with Gasteiger partial charge in [-0.3, -0.25) is 10.3 Å². The Morgan fingerprint density at radius 2 is 1.67 bits per heavy atom. The van der Waals surface area contributed by atoms with Crippen LogP contribution in [0.1, 0.15) is 50.3 Å². The van der Waals surface area contributed by atoms with E-state index in [0.717, 1.165) is 29.8 Å². The second kappa shape index (κ2) is 7.80. The number of likely N-dealkylation sites (tertiary alicyclic amines) is 1. The molecule has 0 aromatic heterocycles. The molecule has 5 heteroatoms. The predicted molar refractivity (Wildman–Crippen MR) is 121 cm³/mol. The molecule has 158 valence electrons. The molecule has 0 bridgehead atoms.